The van der Waals surface area contributed by atoms with Gasteiger partial charge in [-0.2, -0.15) is 5.10 Å². The first-order valence-corrected chi connectivity index (χ1v) is 16.7. The van der Waals surface area contributed by atoms with Crippen molar-refractivity contribution in [2.45, 2.75) is 24.2 Å². The van der Waals surface area contributed by atoms with Gasteiger partial charge in [0.25, 0.3) is 11.8 Å². The molecule has 0 saturated carbocycles. The Morgan fingerprint density at radius 1 is 0.780 bits per heavy atom. The van der Waals surface area contributed by atoms with E-state index in [1.54, 1.807) is 37.4 Å². The molecule has 1 aromatic heterocycles. The maximum Gasteiger partial charge on any atom is 0.253 e. The van der Waals surface area contributed by atoms with Crippen LogP contribution in [0, 0.1) is 0 Å². The number of para-hydroxylation sites is 1. The van der Waals surface area contributed by atoms with Crippen molar-refractivity contribution in [2.75, 3.05) is 34.2 Å². The number of carbonyl (C=O) groups excluding carboxylic acids is 2. The molecule has 0 aliphatic carbocycles. The van der Waals surface area contributed by atoms with E-state index in [0.717, 1.165) is 34.0 Å². The number of hydrogen-bond donors (Lipinski definition) is 1. The summed E-state index contributed by atoms with van der Waals surface area (Å²) in [5.41, 5.74) is 3.81. The Hall–Kier alpha value is -5.82. The average molecular weight is 693 g/mol. The van der Waals surface area contributed by atoms with Gasteiger partial charge in [0.2, 0.25) is 0 Å². The highest BCUT2D eigenvalue weighted by atomic mass is 32.2. The zero-order chi connectivity index (χ0) is 35.0. The minimum atomic E-state index is -0.335. The third-order valence-electron chi connectivity index (χ3n) is 8.15. The number of thioether (sulfide) groups is 1. The monoisotopic (exact) mass is 692 g/mol. The smallest absolute Gasteiger partial charge is 0.253 e. The molecule has 2 amide bonds. The Morgan fingerprint density at radius 2 is 1.40 bits per heavy atom. The Balaban J connectivity index is 1.23. The van der Waals surface area contributed by atoms with Crippen molar-refractivity contribution in [3.05, 3.63) is 120 Å². The summed E-state index contributed by atoms with van der Waals surface area (Å²) in [7, 11) is 6.29. The molecule has 0 unspecified atom stereocenters. The number of nitrogens with one attached hydrogen (secondary N) is 1. The number of nitrogens with zero attached hydrogens (tertiary/aromatic N) is 5. The third kappa shape index (κ3) is 7.57. The highest BCUT2D eigenvalue weighted by Gasteiger charge is 2.33. The number of methoxy groups -OCH3 is 4. The lowest BCUT2D eigenvalue weighted by atomic mass is 9.98. The average Bonchev–Trinajstić information content (AvgIpc) is 3.81. The minimum absolute atomic E-state index is 0.0486. The maximum atomic E-state index is 14.0. The van der Waals surface area contributed by atoms with Crippen molar-refractivity contribution < 1.29 is 28.5 Å². The quantitative estimate of drug-likeness (QED) is 0.155. The zero-order valence-corrected chi connectivity index (χ0v) is 28.8. The van der Waals surface area contributed by atoms with E-state index in [9.17, 15) is 9.59 Å². The lowest BCUT2D eigenvalue weighted by molar-refractivity contribution is -0.130. The fourth-order valence-corrected chi connectivity index (χ4v) is 6.34. The van der Waals surface area contributed by atoms with Crippen LogP contribution < -0.4 is 24.3 Å². The van der Waals surface area contributed by atoms with Gasteiger partial charge >= 0.3 is 0 Å². The number of hydrazone groups is 1. The highest BCUT2D eigenvalue weighted by Crippen LogP contribution is 2.35. The standard InChI is InChI=1S/C37H36N6O6S/c1-46-28-14-10-24(11-15-28)32-21-33(25-12-16-29(47-2)17-13-25)43(41-32)35(44)23-50-37-40-39-34(42(37)27-8-6-5-7-9-27)22-38-36(45)26-18-30(48-3)20-31(19-26)49-4/h5-20,33H,21-23H2,1-4H3,(H,38,45)/t33-/m1/s1. The van der Waals surface area contributed by atoms with E-state index < -0.39 is 0 Å². The number of hydrogen-bond acceptors (Lipinski definition) is 10. The predicted molar refractivity (Wildman–Crippen MR) is 190 cm³/mol. The van der Waals surface area contributed by atoms with E-state index in [-0.39, 0.29) is 30.2 Å². The molecule has 2 heterocycles. The Labute approximate surface area is 294 Å². The Morgan fingerprint density at radius 3 is 2.02 bits per heavy atom. The van der Waals surface area contributed by atoms with E-state index in [0.29, 0.717) is 34.5 Å². The highest BCUT2D eigenvalue weighted by molar-refractivity contribution is 7.99. The molecule has 5 aromatic rings. The van der Waals surface area contributed by atoms with Crippen LogP contribution in [0.3, 0.4) is 0 Å². The van der Waals surface area contributed by atoms with Crippen molar-refractivity contribution in [3.63, 3.8) is 0 Å². The van der Waals surface area contributed by atoms with Gasteiger partial charge in [-0.1, -0.05) is 42.1 Å². The summed E-state index contributed by atoms with van der Waals surface area (Å²) < 4.78 is 23.1. The van der Waals surface area contributed by atoms with E-state index >= 15 is 0 Å². The van der Waals surface area contributed by atoms with Crippen molar-refractivity contribution in [3.8, 4) is 28.7 Å². The van der Waals surface area contributed by atoms with Crippen LogP contribution in [-0.2, 0) is 11.3 Å². The largest absolute Gasteiger partial charge is 0.497 e. The molecule has 0 bridgehead atoms. The maximum absolute atomic E-state index is 14.0. The Kier molecular flexibility index (Phi) is 10.6. The number of aromatic nitrogens is 3. The molecule has 6 rings (SSSR count). The zero-order valence-electron chi connectivity index (χ0n) is 28.0. The molecule has 256 valence electrons. The molecule has 50 heavy (non-hydrogen) atoms. The molecule has 0 saturated heterocycles. The molecule has 4 aromatic carbocycles. The summed E-state index contributed by atoms with van der Waals surface area (Å²) in [6.45, 7) is 0.0793. The van der Waals surface area contributed by atoms with Crippen LogP contribution >= 0.6 is 11.8 Å². The lowest BCUT2D eigenvalue weighted by Crippen LogP contribution is -2.28. The molecule has 0 radical (unpaired) electrons. The van der Waals surface area contributed by atoms with Crippen LogP contribution in [0.2, 0.25) is 0 Å². The molecular weight excluding hydrogens is 657 g/mol. The fourth-order valence-electron chi connectivity index (χ4n) is 5.52. The first kappa shape index (κ1) is 34.1. The van der Waals surface area contributed by atoms with E-state index in [2.05, 4.69) is 15.5 Å². The summed E-state index contributed by atoms with van der Waals surface area (Å²) in [6.07, 6.45) is 0.540. The van der Waals surface area contributed by atoms with Gasteiger partial charge in [0.15, 0.2) is 11.0 Å². The minimum Gasteiger partial charge on any atom is -0.497 e. The normalized spacial score (nSPS) is 13.8. The van der Waals surface area contributed by atoms with Crippen LogP contribution in [0.1, 0.15) is 39.8 Å². The van der Waals surface area contributed by atoms with E-state index in [1.807, 2.05) is 83.4 Å². The number of carbonyl (C=O) groups is 2. The van der Waals surface area contributed by atoms with Crippen LogP contribution in [0.25, 0.3) is 5.69 Å². The molecule has 13 heteroatoms. The lowest BCUT2D eigenvalue weighted by Gasteiger charge is -2.22. The fraction of sp³-hybridized carbons (Fsp3) is 0.216. The van der Waals surface area contributed by atoms with Gasteiger partial charge in [-0.25, -0.2) is 5.01 Å². The van der Waals surface area contributed by atoms with Gasteiger partial charge in [-0.15, -0.1) is 10.2 Å². The summed E-state index contributed by atoms with van der Waals surface area (Å²) >= 11 is 1.25. The summed E-state index contributed by atoms with van der Waals surface area (Å²) in [6, 6.07) is 29.5. The summed E-state index contributed by atoms with van der Waals surface area (Å²) in [5, 5.41) is 18.6. The third-order valence-corrected chi connectivity index (χ3v) is 9.06. The second kappa shape index (κ2) is 15.6. The SMILES string of the molecule is COc1ccc(C2=NN(C(=O)CSc3nnc(CNC(=O)c4cc(OC)cc(OC)c4)n3-c3ccccc3)[C@@H](c3ccc(OC)cc3)C2)cc1. The van der Waals surface area contributed by atoms with Crippen LogP contribution in [0.15, 0.2) is 107 Å². The number of ether oxygens (including phenoxy) is 4. The van der Waals surface area contributed by atoms with Crippen molar-refractivity contribution in [2.24, 2.45) is 5.10 Å². The molecule has 1 N–H and O–H groups in total. The summed E-state index contributed by atoms with van der Waals surface area (Å²) in [5.74, 6) is 2.48. The topological polar surface area (TPSA) is 129 Å². The molecule has 12 nitrogen and oxygen atoms in total. The second-order valence-corrected chi connectivity index (χ2v) is 12.1. The van der Waals surface area contributed by atoms with Gasteiger partial charge in [0, 0.05) is 23.7 Å². The van der Waals surface area contributed by atoms with Crippen LogP contribution in [-0.4, -0.2) is 71.5 Å². The van der Waals surface area contributed by atoms with Gasteiger partial charge < -0.3 is 24.3 Å². The van der Waals surface area contributed by atoms with Gasteiger partial charge in [-0.05, 0) is 71.8 Å². The van der Waals surface area contributed by atoms with Crippen molar-refractivity contribution in [1.82, 2.24) is 25.1 Å². The molecule has 1 aliphatic heterocycles. The molecular formula is C37H36N6O6S. The number of amides is 2. The van der Waals surface area contributed by atoms with Crippen LogP contribution in [0.4, 0.5) is 0 Å². The van der Waals surface area contributed by atoms with Crippen molar-refractivity contribution in [1.29, 1.82) is 0 Å². The molecule has 0 fully saturated rings. The molecule has 0 spiro atoms. The van der Waals surface area contributed by atoms with Crippen molar-refractivity contribution >= 4 is 29.3 Å². The van der Waals surface area contributed by atoms with Gasteiger partial charge in [0.05, 0.1) is 52.5 Å². The second-order valence-electron chi connectivity index (χ2n) is 11.1. The van der Waals surface area contributed by atoms with Gasteiger partial charge in [-0.3, -0.25) is 14.2 Å². The predicted octanol–water partition coefficient (Wildman–Crippen LogP) is 5.70. The molecule has 1 atom stereocenters. The van der Waals surface area contributed by atoms with Gasteiger partial charge in [0.1, 0.15) is 23.0 Å². The number of rotatable bonds is 13. The first-order valence-electron chi connectivity index (χ1n) is 15.7. The molecule has 1 aliphatic rings. The van der Waals surface area contributed by atoms with E-state index in [1.165, 1.54) is 26.0 Å². The van der Waals surface area contributed by atoms with E-state index in [4.69, 9.17) is 24.0 Å². The number of benzene rings is 4. The van der Waals surface area contributed by atoms with Crippen LogP contribution in [0.5, 0.6) is 23.0 Å². The summed E-state index contributed by atoms with van der Waals surface area (Å²) in [4.78, 5) is 27.1. The first-order chi connectivity index (χ1) is 24.4. The Bertz CT molecular complexity index is 1960.